The Bertz CT molecular complexity index is 236. The molecule has 0 rings (SSSR count). The van der Waals surface area contributed by atoms with Gasteiger partial charge in [0.1, 0.15) is 0 Å². The van der Waals surface area contributed by atoms with Crippen molar-refractivity contribution in [1.29, 1.82) is 0 Å². The highest BCUT2D eigenvalue weighted by Gasteiger charge is 2.21. The third kappa shape index (κ3) is 3.57. The van der Waals surface area contributed by atoms with Gasteiger partial charge in [-0.15, -0.1) is 0 Å². The topological polar surface area (TPSA) is 162 Å². The summed E-state index contributed by atoms with van der Waals surface area (Å²) in [5, 5.41) is 0.273. The van der Waals surface area contributed by atoms with E-state index in [1.165, 1.54) is 0 Å². The van der Waals surface area contributed by atoms with Gasteiger partial charge in [-0.25, -0.2) is 33.6 Å². The van der Waals surface area contributed by atoms with Crippen molar-refractivity contribution in [2.24, 2.45) is 23.4 Å². The molecule has 8 N–H and O–H groups in total. The van der Waals surface area contributed by atoms with Gasteiger partial charge in [-0.2, -0.15) is 0 Å². The number of Topliss-reactive ketones (excluding diaryl/α,β-unsaturated/α-hetero) is 1. The van der Waals surface area contributed by atoms with E-state index in [0.717, 1.165) is 0 Å². The Morgan fingerprint density at radius 2 is 1.38 bits per heavy atom. The number of carbonyl (C=O) groups excluding carboxylic acids is 3. The highest BCUT2D eigenvalue weighted by atomic mass is 16.2. The maximum Gasteiger partial charge on any atom is 0.318 e. The lowest BCUT2D eigenvalue weighted by molar-refractivity contribution is -0.148. The van der Waals surface area contributed by atoms with E-state index in [-0.39, 0.29) is 10.2 Å². The standard InChI is InChI=1S/C4H10N6O3/c5-9(6)3(12)1-2(11)4(13)10(7)8/h1,5-8H2. The highest BCUT2D eigenvalue weighted by molar-refractivity contribution is 6.38. The van der Waals surface area contributed by atoms with E-state index in [1.807, 2.05) is 0 Å². The summed E-state index contributed by atoms with van der Waals surface area (Å²) in [5.74, 6) is 15.8. The first-order valence-corrected chi connectivity index (χ1v) is 3.05. The summed E-state index contributed by atoms with van der Waals surface area (Å²) in [4.78, 5) is 32.1. The molecule has 0 aliphatic rings. The maximum absolute atomic E-state index is 10.8. The zero-order chi connectivity index (χ0) is 10.6. The number of ketones is 1. The lowest BCUT2D eigenvalue weighted by Crippen LogP contribution is -2.49. The van der Waals surface area contributed by atoms with Crippen molar-refractivity contribution < 1.29 is 14.4 Å². The van der Waals surface area contributed by atoms with Gasteiger partial charge in [0.25, 0.3) is 5.91 Å². The van der Waals surface area contributed by atoms with Gasteiger partial charge in [0.05, 0.1) is 6.42 Å². The quantitative estimate of drug-likeness (QED) is 0.116. The monoisotopic (exact) mass is 190 g/mol. The Morgan fingerprint density at radius 1 is 0.923 bits per heavy atom. The van der Waals surface area contributed by atoms with Crippen LogP contribution in [-0.2, 0) is 14.4 Å². The number of carbonyl (C=O) groups is 3. The minimum atomic E-state index is -1.20. The summed E-state index contributed by atoms with van der Waals surface area (Å²) in [5.41, 5.74) is 0. The van der Waals surface area contributed by atoms with Crippen molar-refractivity contribution in [1.82, 2.24) is 10.2 Å². The summed E-state index contributed by atoms with van der Waals surface area (Å²) in [6, 6.07) is 0. The van der Waals surface area contributed by atoms with Gasteiger partial charge >= 0.3 is 5.91 Å². The summed E-state index contributed by atoms with van der Waals surface area (Å²) in [6.45, 7) is 0. The fraction of sp³-hybridized carbons (Fsp3) is 0.250. The number of amides is 2. The van der Waals surface area contributed by atoms with Gasteiger partial charge in [-0.05, 0) is 0 Å². The molecular formula is C4H10N6O3. The molecule has 13 heavy (non-hydrogen) atoms. The Morgan fingerprint density at radius 3 is 1.69 bits per heavy atom. The summed E-state index contributed by atoms with van der Waals surface area (Å²) < 4.78 is 0. The van der Waals surface area contributed by atoms with Crippen molar-refractivity contribution in [2.45, 2.75) is 6.42 Å². The molecule has 74 valence electrons. The molecule has 2 amide bonds. The maximum atomic E-state index is 10.8. The van der Waals surface area contributed by atoms with Crippen molar-refractivity contribution >= 4 is 17.6 Å². The lowest BCUT2D eigenvalue weighted by atomic mass is 10.2. The van der Waals surface area contributed by atoms with E-state index >= 15 is 0 Å². The molecule has 0 atom stereocenters. The van der Waals surface area contributed by atoms with E-state index in [9.17, 15) is 14.4 Å². The van der Waals surface area contributed by atoms with Gasteiger partial charge in [-0.1, -0.05) is 0 Å². The van der Waals surface area contributed by atoms with E-state index < -0.39 is 24.0 Å². The first-order chi connectivity index (χ1) is 5.86. The second-order valence-corrected chi connectivity index (χ2v) is 2.11. The van der Waals surface area contributed by atoms with E-state index in [0.29, 0.717) is 0 Å². The van der Waals surface area contributed by atoms with E-state index in [4.69, 9.17) is 23.4 Å². The molecule has 0 unspecified atom stereocenters. The molecule has 0 spiro atoms. The first kappa shape index (κ1) is 11.4. The van der Waals surface area contributed by atoms with Gasteiger partial charge in [0.15, 0.2) is 0 Å². The average molecular weight is 190 g/mol. The van der Waals surface area contributed by atoms with Crippen LogP contribution in [0.25, 0.3) is 0 Å². The van der Waals surface area contributed by atoms with Gasteiger partial charge in [0.2, 0.25) is 5.78 Å². The average Bonchev–Trinajstić information content (AvgIpc) is 2.02. The number of hydrazine groups is 4. The van der Waals surface area contributed by atoms with Crippen molar-refractivity contribution in [2.75, 3.05) is 0 Å². The van der Waals surface area contributed by atoms with Crippen molar-refractivity contribution in [3.63, 3.8) is 0 Å². The number of nitrogens with two attached hydrogens (primary N) is 4. The van der Waals surface area contributed by atoms with Crippen LogP contribution in [0.4, 0.5) is 0 Å². The molecular weight excluding hydrogens is 180 g/mol. The normalized spacial score (nSPS) is 9.23. The van der Waals surface area contributed by atoms with Crippen LogP contribution in [0.1, 0.15) is 6.42 Å². The van der Waals surface area contributed by atoms with Crippen LogP contribution in [0.15, 0.2) is 0 Å². The molecule has 0 aliphatic heterocycles. The molecule has 0 bridgehead atoms. The molecule has 9 heteroatoms. The van der Waals surface area contributed by atoms with Crippen LogP contribution in [-0.4, -0.2) is 27.8 Å². The first-order valence-electron chi connectivity index (χ1n) is 3.05. The van der Waals surface area contributed by atoms with E-state index in [2.05, 4.69) is 0 Å². The molecule has 0 saturated carbocycles. The minimum absolute atomic E-state index is 0.0764. The molecule has 0 aromatic carbocycles. The Kier molecular flexibility index (Phi) is 3.94. The van der Waals surface area contributed by atoms with Crippen molar-refractivity contribution in [3.8, 4) is 0 Å². The highest BCUT2D eigenvalue weighted by Crippen LogP contribution is 1.88. The summed E-state index contributed by atoms with van der Waals surface area (Å²) >= 11 is 0. The van der Waals surface area contributed by atoms with Crippen LogP contribution in [0, 0.1) is 0 Å². The fourth-order valence-corrected chi connectivity index (χ4v) is 0.448. The van der Waals surface area contributed by atoms with Crippen LogP contribution in [0.3, 0.4) is 0 Å². The Hall–Kier alpha value is -1.55. The van der Waals surface area contributed by atoms with Crippen LogP contribution in [0.5, 0.6) is 0 Å². The SMILES string of the molecule is NN(N)C(=O)CC(=O)C(=O)N(N)N. The Balaban J connectivity index is 4.17. The number of nitrogens with zero attached hydrogens (tertiary/aromatic N) is 2. The molecule has 0 fully saturated rings. The van der Waals surface area contributed by atoms with Crippen LogP contribution < -0.4 is 23.4 Å². The number of rotatable bonds is 3. The van der Waals surface area contributed by atoms with Crippen LogP contribution in [0.2, 0.25) is 0 Å². The number of hydrogen-bond acceptors (Lipinski definition) is 7. The second kappa shape index (κ2) is 4.47. The second-order valence-electron chi connectivity index (χ2n) is 2.11. The number of hydrogen-bond donors (Lipinski definition) is 4. The Labute approximate surface area is 73.1 Å². The molecule has 0 aromatic heterocycles. The van der Waals surface area contributed by atoms with Crippen molar-refractivity contribution in [3.05, 3.63) is 0 Å². The third-order valence-electron chi connectivity index (χ3n) is 1.07. The smallest absolute Gasteiger partial charge is 0.288 e. The predicted octanol–water partition coefficient (Wildman–Crippen LogP) is -3.90. The lowest BCUT2D eigenvalue weighted by Gasteiger charge is -2.10. The summed E-state index contributed by atoms with van der Waals surface area (Å²) in [6.07, 6.45) is -0.767. The molecule has 0 aromatic rings. The summed E-state index contributed by atoms with van der Waals surface area (Å²) in [7, 11) is 0. The zero-order valence-electron chi connectivity index (χ0n) is 6.64. The predicted molar refractivity (Wildman–Crippen MR) is 40.1 cm³/mol. The minimum Gasteiger partial charge on any atom is -0.288 e. The van der Waals surface area contributed by atoms with Crippen LogP contribution >= 0.6 is 0 Å². The largest absolute Gasteiger partial charge is 0.318 e. The fourth-order valence-electron chi connectivity index (χ4n) is 0.448. The zero-order valence-corrected chi connectivity index (χ0v) is 6.64. The molecule has 0 heterocycles. The van der Waals surface area contributed by atoms with Gasteiger partial charge in [-0.3, -0.25) is 14.4 Å². The third-order valence-corrected chi connectivity index (χ3v) is 1.07. The molecule has 0 saturated heterocycles. The molecule has 0 radical (unpaired) electrons. The van der Waals surface area contributed by atoms with Gasteiger partial charge in [0, 0.05) is 0 Å². The van der Waals surface area contributed by atoms with E-state index in [1.54, 1.807) is 0 Å². The molecule has 0 aliphatic carbocycles. The van der Waals surface area contributed by atoms with Gasteiger partial charge < -0.3 is 0 Å². The molecule has 9 nitrogen and oxygen atoms in total.